The zero-order valence-corrected chi connectivity index (χ0v) is 13.3. The summed E-state index contributed by atoms with van der Waals surface area (Å²) >= 11 is 0. The van der Waals surface area contributed by atoms with Crippen LogP contribution < -0.4 is 0 Å². The fraction of sp³-hybridized carbons (Fsp3) is 0.333. The highest BCUT2D eigenvalue weighted by atomic mass is 16.3. The number of rotatable bonds is 4. The summed E-state index contributed by atoms with van der Waals surface area (Å²) in [6.45, 7) is 19.5. The number of hydrogen-bond acceptors (Lipinski definition) is 1. The Kier molecular flexibility index (Phi) is 13.1. The zero-order valence-electron chi connectivity index (χ0n) is 13.3. The van der Waals surface area contributed by atoms with Crippen LogP contribution in [0, 0.1) is 0 Å². The molecule has 0 N–H and O–H groups in total. The molecule has 1 heterocycles. The summed E-state index contributed by atoms with van der Waals surface area (Å²) < 4.78 is 5.69. The first kappa shape index (κ1) is 19.6. The molecule has 0 spiro atoms. The Hall–Kier alpha value is -1.76. The Balaban J connectivity index is 0. The normalized spacial score (nSPS) is 9.58. The Morgan fingerprint density at radius 3 is 1.26 bits per heavy atom. The van der Waals surface area contributed by atoms with Crippen molar-refractivity contribution in [2.75, 3.05) is 0 Å². The lowest BCUT2D eigenvalue weighted by molar-refractivity contribution is 0.546. The minimum Gasteiger partial charge on any atom is -0.456 e. The molecular formula is C18H28O. The van der Waals surface area contributed by atoms with Crippen molar-refractivity contribution in [1.29, 1.82) is 0 Å². The highest BCUT2D eigenvalue weighted by Gasteiger charge is 2.11. The van der Waals surface area contributed by atoms with Gasteiger partial charge in [-0.15, -0.1) is 0 Å². The minimum absolute atomic E-state index is 0.829. The lowest BCUT2D eigenvalue weighted by Crippen LogP contribution is -1.76. The monoisotopic (exact) mass is 260 g/mol. The van der Waals surface area contributed by atoms with Crippen LogP contribution in [0.2, 0.25) is 0 Å². The van der Waals surface area contributed by atoms with Gasteiger partial charge in [-0.25, -0.2) is 0 Å². The number of hydrogen-bond donors (Lipinski definition) is 0. The Morgan fingerprint density at radius 2 is 1.05 bits per heavy atom. The second kappa shape index (κ2) is 12.7. The van der Waals surface area contributed by atoms with Crippen molar-refractivity contribution in [1.82, 2.24) is 0 Å². The third kappa shape index (κ3) is 5.60. The van der Waals surface area contributed by atoms with Crippen LogP contribution in [0.15, 0.2) is 29.7 Å². The Morgan fingerprint density at radius 1 is 0.737 bits per heavy atom. The Labute approximate surface area is 119 Å². The molecule has 1 aromatic heterocycles. The number of furan rings is 1. The molecule has 1 heteroatoms. The molecule has 0 aliphatic carbocycles. The molecule has 0 fully saturated rings. The molecule has 1 aromatic rings. The highest BCUT2D eigenvalue weighted by Crippen LogP contribution is 2.27. The van der Waals surface area contributed by atoms with Crippen LogP contribution in [0.3, 0.4) is 0 Å². The van der Waals surface area contributed by atoms with Crippen LogP contribution in [0.5, 0.6) is 0 Å². The van der Waals surface area contributed by atoms with E-state index in [4.69, 9.17) is 4.42 Å². The van der Waals surface area contributed by atoms with Gasteiger partial charge in [0.1, 0.15) is 11.5 Å². The standard InChI is InChI=1S/C14H16O.2C2H6/c1-5-9-13-11(7-3)12(8-4)14(15-13)10-6-2;2*1-2/h5-10H,3-4H2,1-2H3;2*1-2H3/b9-5-,10-6-;;. The molecule has 0 saturated heterocycles. The number of allylic oxidation sites excluding steroid dienone is 2. The summed E-state index contributed by atoms with van der Waals surface area (Å²) in [6, 6.07) is 0. The molecule has 0 radical (unpaired) electrons. The van der Waals surface area contributed by atoms with Crippen molar-refractivity contribution >= 4 is 24.3 Å². The van der Waals surface area contributed by atoms with E-state index in [2.05, 4.69) is 13.2 Å². The second-order valence-corrected chi connectivity index (χ2v) is 3.07. The van der Waals surface area contributed by atoms with Crippen molar-refractivity contribution in [3.05, 3.63) is 48.0 Å². The van der Waals surface area contributed by atoms with Crippen LogP contribution in [0.25, 0.3) is 24.3 Å². The first-order valence-electron chi connectivity index (χ1n) is 6.95. The van der Waals surface area contributed by atoms with Gasteiger partial charge in [0, 0.05) is 11.1 Å². The summed E-state index contributed by atoms with van der Waals surface area (Å²) in [5.41, 5.74) is 1.99. The van der Waals surface area contributed by atoms with Crippen LogP contribution in [0.4, 0.5) is 0 Å². The van der Waals surface area contributed by atoms with E-state index in [-0.39, 0.29) is 0 Å². The van der Waals surface area contributed by atoms with Crippen LogP contribution in [0.1, 0.15) is 64.2 Å². The summed E-state index contributed by atoms with van der Waals surface area (Å²) in [4.78, 5) is 0. The van der Waals surface area contributed by atoms with Crippen molar-refractivity contribution in [3.8, 4) is 0 Å². The SMILES string of the molecule is C=Cc1c(/C=C\C)oc(/C=C\C)c1C=C.CC.CC. The highest BCUT2D eigenvalue weighted by molar-refractivity contribution is 5.76. The molecule has 0 amide bonds. The van der Waals surface area contributed by atoms with Gasteiger partial charge in [0.25, 0.3) is 0 Å². The summed E-state index contributed by atoms with van der Waals surface area (Å²) in [6.07, 6.45) is 11.3. The molecule has 106 valence electrons. The van der Waals surface area contributed by atoms with Crippen molar-refractivity contribution in [2.45, 2.75) is 41.5 Å². The van der Waals surface area contributed by atoms with Gasteiger partial charge < -0.3 is 4.42 Å². The van der Waals surface area contributed by atoms with Gasteiger partial charge in [-0.3, -0.25) is 0 Å². The van der Waals surface area contributed by atoms with E-state index in [1.165, 1.54) is 0 Å². The van der Waals surface area contributed by atoms with Crippen LogP contribution in [-0.2, 0) is 0 Å². The van der Waals surface area contributed by atoms with Crippen LogP contribution in [-0.4, -0.2) is 0 Å². The molecule has 1 rings (SSSR count). The average Bonchev–Trinajstić information content (AvgIpc) is 2.80. The molecule has 0 aliphatic rings. The van der Waals surface area contributed by atoms with Crippen LogP contribution >= 0.6 is 0 Å². The van der Waals surface area contributed by atoms with E-state index in [0.29, 0.717) is 0 Å². The molecule has 0 aromatic carbocycles. The third-order valence-electron chi connectivity index (χ3n) is 2.09. The molecule has 0 unspecified atom stereocenters. The maximum atomic E-state index is 5.69. The lowest BCUT2D eigenvalue weighted by atomic mass is 10.1. The van der Waals surface area contributed by atoms with Gasteiger partial charge >= 0.3 is 0 Å². The molecular weight excluding hydrogens is 232 g/mol. The van der Waals surface area contributed by atoms with E-state index < -0.39 is 0 Å². The van der Waals surface area contributed by atoms with E-state index in [1.807, 2.05) is 65.8 Å². The van der Waals surface area contributed by atoms with Gasteiger partial charge in [-0.05, 0) is 26.0 Å². The van der Waals surface area contributed by atoms with Gasteiger partial charge in [0.05, 0.1) is 0 Å². The van der Waals surface area contributed by atoms with Gasteiger partial charge in [-0.1, -0.05) is 65.2 Å². The zero-order chi connectivity index (χ0) is 15.3. The molecule has 0 bridgehead atoms. The third-order valence-corrected chi connectivity index (χ3v) is 2.09. The fourth-order valence-electron chi connectivity index (χ4n) is 1.47. The minimum atomic E-state index is 0.829. The van der Waals surface area contributed by atoms with Gasteiger partial charge in [0.2, 0.25) is 0 Å². The quantitative estimate of drug-likeness (QED) is 0.588. The van der Waals surface area contributed by atoms with E-state index in [9.17, 15) is 0 Å². The second-order valence-electron chi connectivity index (χ2n) is 3.07. The fourth-order valence-corrected chi connectivity index (χ4v) is 1.47. The van der Waals surface area contributed by atoms with E-state index in [0.717, 1.165) is 22.6 Å². The maximum absolute atomic E-state index is 5.69. The summed E-state index contributed by atoms with van der Waals surface area (Å²) in [7, 11) is 0. The molecule has 0 saturated carbocycles. The average molecular weight is 260 g/mol. The molecule has 0 atom stereocenters. The van der Waals surface area contributed by atoms with E-state index >= 15 is 0 Å². The van der Waals surface area contributed by atoms with Crippen molar-refractivity contribution in [2.24, 2.45) is 0 Å². The van der Waals surface area contributed by atoms with Gasteiger partial charge in [0.15, 0.2) is 0 Å². The Bertz CT molecular complexity index is 379. The van der Waals surface area contributed by atoms with Gasteiger partial charge in [-0.2, -0.15) is 0 Å². The van der Waals surface area contributed by atoms with Crippen molar-refractivity contribution < 1.29 is 4.42 Å². The molecule has 0 aliphatic heterocycles. The summed E-state index contributed by atoms with van der Waals surface area (Å²) in [5.74, 6) is 1.66. The lowest BCUT2D eigenvalue weighted by Gasteiger charge is -1.91. The summed E-state index contributed by atoms with van der Waals surface area (Å²) in [5, 5.41) is 0. The predicted molar refractivity (Wildman–Crippen MR) is 91.0 cm³/mol. The topological polar surface area (TPSA) is 13.1 Å². The van der Waals surface area contributed by atoms with Crippen molar-refractivity contribution in [3.63, 3.8) is 0 Å². The molecule has 1 nitrogen and oxygen atoms in total. The largest absolute Gasteiger partial charge is 0.456 e. The maximum Gasteiger partial charge on any atom is 0.135 e. The first-order valence-corrected chi connectivity index (χ1v) is 6.95. The van der Waals surface area contributed by atoms with E-state index in [1.54, 1.807) is 12.2 Å². The predicted octanol–water partition coefficient (Wildman–Crippen LogP) is 6.68. The first-order chi connectivity index (χ1) is 9.28. The molecule has 19 heavy (non-hydrogen) atoms. The smallest absolute Gasteiger partial charge is 0.135 e.